The predicted molar refractivity (Wildman–Crippen MR) is 152 cm³/mol. The second-order valence-corrected chi connectivity index (χ2v) is 9.98. The highest BCUT2D eigenvalue weighted by Gasteiger charge is 2.22. The quantitative estimate of drug-likeness (QED) is 0.132. The number of benzene rings is 4. The number of anilines is 2. The Labute approximate surface area is 231 Å². The molecule has 0 saturated heterocycles. The summed E-state index contributed by atoms with van der Waals surface area (Å²) in [5.74, 6) is 1.34. The first-order valence-electron chi connectivity index (χ1n) is 11.9. The molecule has 12 heteroatoms. The number of nitro benzene ring substituents is 1. The fraction of sp³-hybridized carbons (Fsp3) is 0.107. The van der Waals surface area contributed by atoms with E-state index in [0.717, 1.165) is 11.6 Å². The summed E-state index contributed by atoms with van der Waals surface area (Å²) < 4.78 is 44.6. The van der Waals surface area contributed by atoms with Crippen LogP contribution in [0.25, 0.3) is 0 Å². The van der Waals surface area contributed by atoms with Crippen LogP contribution in [0.2, 0.25) is 0 Å². The van der Waals surface area contributed by atoms with Gasteiger partial charge in [0.25, 0.3) is 15.7 Å². The molecule has 2 N–H and O–H groups in total. The number of para-hydroxylation sites is 2. The topological polar surface area (TPSA) is 141 Å². The van der Waals surface area contributed by atoms with Gasteiger partial charge in [-0.1, -0.05) is 42.5 Å². The van der Waals surface area contributed by atoms with Crippen LogP contribution >= 0.6 is 0 Å². The lowest BCUT2D eigenvalue weighted by molar-refractivity contribution is -0.384. The van der Waals surface area contributed by atoms with Crippen molar-refractivity contribution in [3.05, 3.63) is 112 Å². The first-order valence-corrected chi connectivity index (χ1v) is 13.4. The van der Waals surface area contributed by atoms with Crippen LogP contribution in [0, 0.1) is 10.1 Å². The Bertz CT molecular complexity index is 1630. The van der Waals surface area contributed by atoms with Crippen molar-refractivity contribution in [2.75, 3.05) is 24.4 Å². The molecule has 0 aliphatic heterocycles. The molecule has 40 heavy (non-hydrogen) atoms. The minimum absolute atomic E-state index is 0.00673. The van der Waals surface area contributed by atoms with Crippen molar-refractivity contribution in [2.24, 2.45) is 5.10 Å². The Kier molecular flexibility index (Phi) is 8.82. The molecular weight excluding hydrogens is 536 g/mol. The third kappa shape index (κ3) is 6.85. The van der Waals surface area contributed by atoms with Gasteiger partial charge < -0.3 is 14.2 Å². The normalized spacial score (nSPS) is 11.2. The summed E-state index contributed by atoms with van der Waals surface area (Å²) in [4.78, 5) is 10.7. The number of rotatable bonds is 12. The first kappa shape index (κ1) is 27.9. The Hall–Kier alpha value is -5.10. The number of hydrazone groups is 1. The molecule has 0 spiro atoms. The molecule has 0 aliphatic rings. The van der Waals surface area contributed by atoms with Crippen molar-refractivity contribution in [1.82, 2.24) is 0 Å². The number of sulfonamides is 1. The molecular formula is C28H26N4O7S. The Morgan fingerprint density at radius 1 is 0.850 bits per heavy atom. The minimum Gasteiger partial charge on any atom is -0.495 e. The summed E-state index contributed by atoms with van der Waals surface area (Å²) in [6.07, 6.45) is 1.45. The Morgan fingerprint density at radius 3 is 2.30 bits per heavy atom. The lowest BCUT2D eigenvalue weighted by Crippen LogP contribution is -2.14. The zero-order valence-corrected chi connectivity index (χ0v) is 22.4. The lowest BCUT2D eigenvalue weighted by Gasteiger charge is -2.12. The second-order valence-electron chi connectivity index (χ2n) is 8.30. The number of nitrogens with zero attached hydrogens (tertiary/aromatic N) is 2. The van der Waals surface area contributed by atoms with Crippen molar-refractivity contribution >= 4 is 33.3 Å². The maximum atomic E-state index is 12.9. The van der Waals surface area contributed by atoms with E-state index in [1.54, 1.807) is 36.4 Å². The molecule has 4 aromatic carbocycles. The molecule has 0 bridgehead atoms. The monoisotopic (exact) mass is 562 g/mol. The molecule has 4 rings (SSSR count). The van der Waals surface area contributed by atoms with Crippen LogP contribution in [-0.4, -0.2) is 33.8 Å². The van der Waals surface area contributed by atoms with E-state index in [2.05, 4.69) is 15.2 Å². The predicted octanol–water partition coefficient (Wildman–Crippen LogP) is 5.44. The fourth-order valence-electron chi connectivity index (χ4n) is 3.65. The number of nitro groups is 1. The molecule has 11 nitrogen and oxygen atoms in total. The fourth-order valence-corrected chi connectivity index (χ4v) is 4.74. The summed E-state index contributed by atoms with van der Waals surface area (Å²) in [7, 11) is -1.22. The average molecular weight is 563 g/mol. The van der Waals surface area contributed by atoms with Gasteiger partial charge in [0.2, 0.25) is 0 Å². The smallest absolute Gasteiger partial charge is 0.295 e. The summed E-state index contributed by atoms with van der Waals surface area (Å²) in [6, 6.07) is 24.8. The van der Waals surface area contributed by atoms with E-state index in [-0.39, 0.29) is 16.3 Å². The highest BCUT2D eigenvalue weighted by molar-refractivity contribution is 7.92. The van der Waals surface area contributed by atoms with Crippen molar-refractivity contribution in [3.63, 3.8) is 0 Å². The van der Waals surface area contributed by atoms with E-state index < -0.39 is 20.6 Å². The maximum Gasteiger partial charge on any atom is 0.295 e. The number of nitrogens with one attached hydrogen (secondary N) is 2. The average Bonchev–Trinajstić information content (AvgIpc) is 2.97. The maximum absolute atomic E-state index is 12.9. The Morgan fingerprint density at radius 2 is 1.57 bits per heavy atom. The second kappa shape index (κ2) is 12.6. The van der Waals surface area contributed by atoms with Crippen molar-refractivity contribution in [1.29, 1.82) is 0 Å². The van der Waals surface area contributed by atoms with Crippen LogP contribution in [0.1, 0.15) is 11.1 Å². The molecule has 0 fully saturated rings. The number of hydrogen-bond donors (Lipinski definition) is 2. The molecule has 0 atom stereocenters. The van der Waals surface area contributed by atoms with Gasteiger partial charge in [-0.25, -0.2) is 8.42 Å². The molecule has 206 valence electrons. The van der Waals surface area contributed by atoms with E-state index in [4.69, 9.17) is 14.2 Å². The van der Waals surface area contributed by atoms with Gasteiger partial charge in [-0.3, -0.25) is 20.3 Å². The van der Waals surface area contributed by atoms with Gasteiger partial charge >= 0.3 is 0 Å². The molecule has 0 saturated carbocycles. The van der Waals surface area contributed by atoms with Gasteiger partial charge in [0.15, 0.2) is 11.5 Å². The molecule has 0 aliphatic carbocycles. The first-order chi connectivity index (χ1) is 19.3. The third-order valence-electron chi connectivity index (χ3n) is 5.65. The van der Waals surface area contributed by atoms with Crippen LogP contribution in [0.3, 0.4) is 0 Å². The molecule has 0 amide bonds. The van der Waals surface area contributed by atoms with Crippen LogP contribution in [0.4, 0.5) is 17.1 Å². The van der Waals surface area contributed by atoms with Gasteiger partial charge in [-0.2, -0.15) is 5.10 Å². The molecule has 0 heterocycles. The number of methoxy groups -OCH3 is 2. The molecule has 0 unspecified atom stereocenters. The lowest BCUT2D eigenvalue weighted by atomic mass is 10.2. The largest absolute Gasteiger partial charge is 0.495 e. The van der Waals surface area contributed by atoms with Gasteiger partial charge in [0.1, 0.15) is 18.0 Å². The SMILES string of the molecule is COc1ccccc1NS(=O)(=O)c1ccc(N/N=C/c2ccc(OCc3ccccc3)c(OC)c2)c([N+](=O)[O-])c1. The van der Waals surface area contributed by atoms with Crippen LogP contribution in [0.5, 0.6) is 17.2 Å². The van der Waals surface area contributed by atoms with E-state index in [1.165, 1.54) is 38.6 Å². The highest BCUT2D eigenvalue weighted by Crippen LogP contribution is 2.31. The van der Waals surface area contributed by atoms with Crippen LogP contribution in [-0.2, 0) is 16.6 Å². The van der Waals surface area contributed by atoms with E-state index in [1.807, 2.05) is 30.3 Å². The van der Waals surface area contributed by atoms with E-state index in [0.29, 0.717) is 29.4 Å². The standard InChI is InChI=1S/C28H26N4O7S/c1-37-26-11-7-6-10-24(26)31-40(35,36)22-13-14-23(25(17-22)32(33)34)30-29-18-21-12-15-27(28(16-21)38-2)39-19-20-8-4-3-5-9-20/h3-18,30-31H,19H2,1-2H3/b29-18+. The van der Waals surface area contributed by atoms with Gasteiger partial charge in [-0.15, -0.1) is 0 Å². The number of ether oxygens (including phenoxy) is 3. The molecule has 4 aromatic rings. The number of hydrogen-bond acceptors (Lipinski definition) is 9. The van der Waals surface area contributed by atoms with Gasteiger partial charge in [0.05, 0.1) is 35.9 Å². The van der Waals surface area contributed by atoms with Crippen molar-refractivity contribution in [3.8, 4) is 17.2 Å². The van der Waals surface area contributed by atoms with Gasteiger partial charge in [0, 0.05) is 6.07 Å². The third-order valence-corrected chi connectivity index (χ3v) is 7.01. The summed E-state index contributed by atoms with van der Waals surface area (Å²) in [5, 5.41) is 15.8. The Balaban J connectivity index is 1.48. The molecule has 0 radical (unpaired) electrons. The van der Waals surface area contributed by atoms with Crippen molar-refractivity contribution in [2.45, 2.75) is 11.5 Å². The zero-order valence-electron chi connectivity index (χ0n) is 21.6. The highest BCUT2D eigenvalue weighted by atomic mass is 32.2. The summed E-state index contributed by atoms with van der Waals surface area (Å²) in [5.41, 5.74) is 3.99. The van der Waals surface area contributed by atoms with Gasteiger partial charge in [-0.05, 0) is 53.6 Å². The summed E-state index contributed by atoms with van der Waals surface area (Å²) in [6.45, 7) is 0.371. The van der Waals surface area contributed by atoms with Crippen LogP contribution in [0.15, 0.2) is 101 Å². The van der Waals surface area contributed by atoms with E-state index >= 15 is 0 Å². The molecule has 0 aromatic heterocycles. The summed E-state index contributed by atoms with van der Waals surface area (Å²) >= 11 is 0. The van der Waals surface area contributed by atoms with E-state index in [9.17, 15) is 18.5 Å². The zero-order chi connectivity index (χ0) is 28.5. The van der Waals surface area contributed by atoms with Crippen LogP contribution < -0.4 is 24.4 Å². The minimum atomic E-state index is -4.14. The van der Waals surface area contributed by atoms with Crippen molar-refractivity contribution < 1.29 is 27.6 Å².